The highest BCUT2D eigenvalue weighted by Crippen LogP contribution is 2.41. The third kappa shape index (κ3) is 7.52. The van der Waals surface area contributed by atoms with E-state index >= 15 is 0 Å². The summed E-state index contributed by atoms with van der Waals surface area (Å²) in [4.78, 5) is 61.6. The van der Waals surface area contributed by atoms with Crippen molar-refractivity contribution in [2.75, 3.05) is 24.7 Å². The predicted molar refractivity (Wildman–Crippen MR) is 165 cm³/mol. The van der Waals surface area contributed by atoms with Gasteiger partial charge in [0.1, 0.15) is 29.4 Å². The number of hydrogen-bond donors (Lipinski definition) is 3. The first-order valence-corrected chi connectivity index (χ1v) is 15.6. The second-order valence-electron chi connectivity index (χ2n) is 10.1. The number of pyridine rings is 1. The van der Waals surface area contributed by atoms with Gasteiger partial charge in [0.05, 0.1) is 12.2 Å². The van der Waals surface area contributed by atoms with E-state index in [0.29, 0.717) is 23.7 Å². The van der Waals surface area contributed by atoms with E-state index in [-0.39, 0.29) is 35.3 Å². The fourth-order valence-electron chi connectivity index (χ4n) is 4.20. The Bertz CT molecular complexity index is 1530. The number of hydrogen-bond acceptors (Lipinski definition) is 13. The maximum absolute atomic E-state index is 13.5. The van der Waals surface area contributed by atoms with Crippen molar-refractivity contribution in [3.63, 3.8) is 0 Å². The average Bonchev–Trinajstić information content (AvgIpc) is 3.44. The number of carbonyl (C=O) groups excluding carboxylic acids is 4. The second-order valence-corrected chi connectivity index (χ2v) is 12.1. The van der Waals surface area contributed by atoms with Gasteiger partial charge in [0.25, 0.3) is 11.8 Å². The molecule has 2 aromatic heterocycles. The molecule has 0 unspecified atom stereocenters. The molecule has 15 heteroatoms. The van der Waals surface area contributed by atoms with Gasteiger partial charge in [-0.15, -0.1) is 23.1 Å². The van der Waals surface area contributed by atoms with E-state index in [1.54, 1.807) is 37.5 Å². The number of allylic oxidation sites excluding steroid dienone is 2. The van der Waals surface area contributed by atoms with Crippen molar-refractivity contribution in [1.82, 2.24) is 20.2 Å². The number of thiazole rings is 1. The van der Waals surface area contributed by atoms with Gasteiger partial charge in [-0.25, -0.2) is 14.6 Å². The number of oxime groups is 1. The predicted octanol–water partition coefficient (Wildman–Crippen LogP) is 2.74. The molecular weight excluding hydrogens is 608 g/mol. The molecule has 13 nitrogen and oxygen atoms in total. The minimum atomic E-state index is -1.02. The zero-order valence-electron chi connectivity index (χ0n) is 24.3. The Balaban J connectivity index is 1.53. The molecule has 0 saturated carbocycles. The molecule has 0 bridgehead atoms. The van der Waals surface area contributed by atoms with Crippen LogP contribution >= 0.6 is 23.1 Å². The van der Waals surface area contributed by atoms with Crippen molar-refractivity contribution in [1.29, 1.82) is 0 Å². The van der Waals surface area contributed by atoms with Gasteiger partial charge < -0.3 is 25.7 Å². The summed E-state index contributed by atoms with van der Waals surface area (Å²) in [5, 5.41) is 16.0. The summed E-state index contributed by atoms with van der Waals surface area (Å²) in [6, 6.07) is 2.58. The first kappa shape index (κ1) is 32.4. The average molecular weight is 641 g/mol. The molecule has 2 aliphatic rings. The number of nitrogens with one attached hydrogen (secondary N) is 1. The molecule has 232 valence electrons. The number of carbonyl (C=O) groups is 4. The van der Waals surface area contributed by atoms with E-state index in [2.05, 4.69) is 20.4 Å². The molecule has 4 heterocycles. The van der Waals surface area contributed by atoms with Gasteiger partial charge in [0.2, 0.25) is 0 Å². The second kappa shape index (κ2) is 14.8. The number of nitrogens with zero attached hydrogens (tertiary/aromatic N) is 4. The minimum absolute atomic E-state index is 0.00339. The van der Waals surface area contributed by atoms with Gasteiger partial charge in [0, 0.05) is 23.5 Å². The highest BCUT2D eigenvalue weighted by atomic mass is 32.2. The van der Waals surface area contributed by atoms with Crippen LogP contribution in [-0.2, 0) is 28.7 Å². The van der Waals surface area contributed by atoms with E-state index in [4.69, 9.17) is 15.2 Å². The van der Waals surface area contributed by atoms with Crippen molar-refractivity contribution in [3.05, 3.63) is 70.2 Å². The molecule has 0 aromatic carbocycles. The Labute approximate surface area is 261 Å². The monoisotopic (exact) mass is 640 g/mol. The first-order chi connectivity index (χ1) is 21.1. The zero-order valence-corrected chi connectivity index (χ0v) is 25.9. The lowest BCUT2D eigenvalue weighted by Crippen LogP contribution is -2.71. The lowest BCUT2D eigenvalue weighted by Gasteiger charge is -2.49. The van der Waals surface area contributed by atoms with Crippen molar-refractivity contribution < 1.29 is 33.9 Å². The molecule has 2 aliphatic heterocycles. The van der Waals surface area contributed by atoms with Crippen LogP contribution in [0.4, 0.5) is 5.13 Å². The number of thioether (sulfide) groups is 1. The number of nitrogen functional groups attached to an aromatic ring is 1. The number of amides is 2. The summed E-state index contributed by atoms with van der Waals surface area (Å²) in [6.45, 7) is 5.55. The maximum Gasteiger partial charge on any atom is 0.355 e. The van der Waals surface area contributed by atoms with Crippen LogP contribution in [-0.4, -0.2) is 79.9 Å². The molecule has 0 radical (unpaired) electrons. The number of anilines is 1. The SMILES string of the molecule is C/C=C(\COC(=O)C1=C(/C=C\c2cccnc2)CS[C@@H]2[C@H](NC(=O)C(=NO)c3csc(N)n3)C(=O)N12)C(=O)OCCC(C)C. The highest BCUT2D eigenvalue weighted by molar-refractivity contribution is 8.00. The summed E-state index contributed by atoms with van der Waals surface area (Å²) >= 11 is 2.39. The summed E-state index contributed by atoms with van der Waals surface area (Å²) in [7, 11) is 0. The van der Waals surface area contributed by atoms with Crippen molar-refractivity contribution in [2.45, 2.75) is 38.6 Å². The van der Waals surface area contributed by atoms with Gasteiger partial charge in [-0.3, -0.25) is 19.5 Å². The lowest BCUT2D eigenvalue weighted by molar-refractivity contribution is -0.152. The summed E-state index contributed by atoms with van der Waals surface area (Å²) in [5.74, 6) is -2.14. The molecule has 1 fully saturated rings. The van der Waals surface area contributed by atoms with Crippen LogP contribution in [0.1, 0.15) is 38.4 Å². The molecule has 0 aliphatic carbocycles. The lowest BCUT2D eigenvalue weighted by atomic mass is 10.0. The smallest absolute Gasteiger partial charge is 0.355 e. The first-order valence-electron chi connectivity index (χ1n) is 13.6. The number of β-lactam (4-membered cyclic amide) rings is 1. The number of esters is 2. The van der Waals surface area contributed by atoms with Gasteiger partial charge in [0.15, 0.2) is 10.8 Å². The summed E-state index contributed by atoms with van der Waals surface area (Å²) in [6.07, 6.45) is 8.95. The third-order valence-electron chi connectivity index (χ3n) is 6.62. The topological polar surface area (TPSA) is 186 Å². The molecule has 0 spiro atoms. The van der Waals surface area contributed by atoms with Crippen LogP contribution in [0.15, 0.2) is 64.1 Å². The molecule has 2 atom stereocenters. The number of ether oxygens (including phenoxy) is 2. The Hall–Kier alpha value is -4.50. The van der Waals surface area contributed by atoms with E-state index in [0.717, 1.165) is 16.9 Å². The Morgan fingerprint density at radius 2 is 2.09 bits per heavy atom. The van der Waals surface area contributed by atoms with Gasteiger partial charge in [-0.1, -0.05) is 43.3 Å². The van der Waals surface area contributed by atoms with E-state index < -0.39 is 40.9 Å². The molecule has 2 aromatic rings. The summed E-state index contributed by atoms with van der Waals surface area (Å²) < 4.78 is 10.8. The highest BCUT2D eigenvalue weighted by Gasteiger charge is 2.54. The summed E-state index contributed by atoms with van der Waals surface area (Å²) in [5.41, 5.74) is 6.73. The van der Waals surface area contributed by atoms with Crippen LogP contribution in [0.5, 0.6) is 0 Å². The third-order valence-corrected chi connectivity index (χ3v) is 8.59. The number of rotatable bonds is 12. The van der Waals surface area contributed by atoms with E-state index in [9.17, 15) is 24.4 Å². The van der Waals surface area contributed by atoms with E-state index in [1.807, 2.05) is 19.9 Å². The fourth-order valence-corrected chi connectivity index (χ4v) is 6.07. The van der Waals surface area contributed by atoms with Gasteiger partial charge >= 0.3 is 11.9 Å². The molecule has 1 saturated heterocycles. The Morgan fingerprint density at radius 1 is 1.30 bits per heavy atom. The fraction of sp³-hybridized carbons (Fsp3) is 0.345. The minimum Gasteiger partial charge on any atom is -0.462 e. The normalized spacial score (nSPS) is 18.7. The molecule has 44 heavy (non-hydrogen) atoms. The Morgan fingerprint density at radius 3 is 2.73 bits per heavy atom. The van der Waals surface area contributed by atoms with E-state index in [1.165, 1.54) is 28.1 Å². The van der Waals surface area contributed by atoms with Crippen LogP contribution in [0.2, 0.25) is 0 Å². The molecule has 2 amide bonds. The number of fused-ring (bicyclic) bond motifs is 1. The maximum atomic E-state index is 13.5. The number of nitrogens with two attached hydrogens (primary N) is 1. The van der Waals surface area contributed by atoms with Crippen molar-refractivity contribution in [2.24, 2.45) is 11.1 Å². The van der Waals surface area contributed by atoms with Gasteiger partial charge in [-0.2, -0.15) is 0 Å². The van der Waals surface area contributed by atoms with Crippen LogP contribution in [0.3, 0.4) is 0 Å². The largest absolute Gasteiger partial charge is 0.462 e. The van der Waals surface area contributed by atoms with Crippen LogP contribution in [0, 0.1) is 5.92 Å². The van der Waals surface area contributed by atoms with Crippen molar-refractivity contribution in [3.8, 4) is 0 Å². The van der Waals surface area contributed by atoms with Gasteiger partial charge in [-0.05, 0) is 36.5 Å². The molecule has 4 N–H and O–H groups in total. The zero-order chi connectivity index (χ0) is 31.8. The Kier molecular flexibility index (Phi) is 10.9. The standard InChI is InChI=1S/C29H32N6O7S2/c1-4-18(27(38)41-11-9-16(2)3)13-42-28(39)23-19(8-7-17-6-5-10-31-12-17)14-43-26-22(25(37)35(23)26)33-24(36)21(34-40)20-15-44-29(30)32-20/h4-8,10,12,15-16,22,26,40H,9,11,13-14H2,1-3H3,(H2,30,32)(H,33,36)/b8-7-,18-4+,34-21?/t22-,26-/m1/s1. The quantitative estimate of drug-likeness (QED) is 0.0773. The molecule has 4 rings (SSSR count). The van der Waals surface area contributed by atoms with Crippen molar-refractivity contribution >= 4 is 63.8 Å². The number of aromatic nitrogens is 2. The molecular formula is C29H32N6O7S2. The van der Waals surface area contributed by atoms with Crippen LogP contribution in [0.25, 0.3) is 6.08 Å². The van der Waals surface area contributed by atoms with Crippen LogP contribution < -0.4 is 11.1 Å².